The van der Waals surface area contributed by atoms with Gasteiger partial charge < -0.3 is 5.73 Å². The molecular formula is C16H23NO. The highest BCUT2D eigenvalue weighted by molar-refractivity contribution is 5.94. The van der Waals surface area contributed by atoms with Gasteiger partial charge in [-0.1, -0.05) is 40.7 Å². The fourth-order valence-electron chi connectivity index (χ4n) is 3.41. The Labute approximate surface area is 110 Å². The van der Waals surface area contributed by atoms with E-state index in [2.05, 4.69) is 40.7 Å². The zero-order valence-corrected chi connectivity index (χ0v) is 12.2. The van der Waals surface area contributed by atoms with E-state index in [0.717, 1.165) is 5.56 Å². The minimum atomic E-state index is -0.330. The number of hydrogen-bond acceptors (Lipinski definition) is 1. The molecule has 2 N–H and O–H groups in total. The van der Waals surface area contributed by atoms with Gasteiger partial charge in [-0.2, -0.15) is 0 Å². The number of rotatable bonds is 1. The molecule has 1 unspecified atom stereocenters. The zero-order chi connectivity index (χ0) is 13.9. The van der Waals surface area contributed by atoms with Gasteiger partial charge in [-0.05, 0) is 46.4 Å². The second kappa shape index (κ2) is 3.59. The van der Waals surface area contributed by atoms with E-state index < -0.39 is 0 Å². The molecule has 0 aliphatic heterocycles. The van der Waals surface area contributed by atoms with Crippen LogP contribution in [0.4, 0.5) is 0 Å². The lowest BCUT2D eigenvalue weighted by molar-refractivity contribution is 0.0999. The molecule has 2 rings (SSSR count). The quantitative estimate of drug-likeness (QED) is 0.810. The van der Waals surface area contributed by atoms with Gasteiger partial charge in [-0.3, -0.25) is 4.79 Å². The lowest BCUT2D eigenvalue weighted by Crippen LogP contribution is -2.30. The van der Waals surface area contributed by atoms with E-state index in [1.54, 1.807) is 0 Å². The van der Waals surface area contributed by atoms with Crippen LogP contribution in [0.15, 0.2) is 12.1 Å². The van der Waals surface area contributed by atoms with Crippen LogP contribution < -0.4 is 5.73 Å². The average molecular weight is 245 g/mol. The number of aryl methyl sites for hydroxylation is 1. The standard InChI is InChI=1S/C16H23NO/c1-9-7-12-13(8-11(9)14(17)18)16(5,6)10(2)15(12,3)4/h7-8,10H,1-6H3,(H2,17,18). The van der Waals surface area contributed by atoms with Crippen molar-refractivity contribution in [3.05, 3.63) is 34.4 Å². The number of nitrogens with two attached hydrogens (primary N) is 1. The predicted octanol–water partition coefficient (Wildman–Crippen LogP) is 3.30. The largest absolute Gasteiger partial charge is 0.366 e. The molecule has 0 radical (unpaired) electrons. The third kappa shape index (κ3) is 1.51. The summed E-state index contributed by atoms with van der Waals surface area (Å²) in [6, 6.07) is 4.17. The molecule has 0 fully saturated rings. The summed E-state index contributed by atoms with van der Waals surface area (Å²) in [6.45, 7) is 13.3. The van der Waals surface area contributed by atoms with Crippen molar-refractivity contribution in [3.63, 3.8) is 0 Å². The Kier molecular flexibility index (Phi) is 2.62. The second-order valence-corrected chi connectivity index (χ2v) is 6.74. The Hall–Kier alpha value is -1.31. The maximum atomic E-state index is 11.5. The minimum absolute atomic E-state index is 0.0801. The van der Waals surface area contributed by atoms with Gasteiger partial charge in [0.15, 0.2) is 0 Å². The Morgan fingerprint density at radius 3 is 2.00 bits per heavy atom. The zero-order valence-electron chi connectivity index (χ0n) is 12.2. The molecule has 1 amide bonds. The molecule has 2 nitrogen and oxygen atoms in total. The van der Waals surface area contributed by atoms with Gasteiger partial charge in [-0.25, -0.2) is 0 Å². The lowest BCUT2D eigenvalue weighted by Gasteiger charge is -2.32. The Bertz CT molecular complexity index is 526. The molecule has 0 saturated carbocycles. The Morgan fingerprint density at radius 2 is 1.56 bits per heavy atom. The summed E-state index contributed by atoms with van der Waals surface area (Å²) in [7, 11) is 0. The van der Waals surface area contributed by atoms with E-state index in [-0.39, 0.29) is 16.7 Å². The van der Waals surface area contributed by atoms with Crippen LogP contribution >= 0.6 is 0 Å². The molecule has 1 aliphatic rings. The number of amides is 1. The molecule has 0 heterocycles. The summed E-state index contributed by atoms with van der Waals surface area (Å²) in [5.74, 6) is 0.200. The fraction of sp³-hybridized carbons (Fsp3) is 0.562. The normalized spacial score (nSPS) is 23.8. The molecular weight excluding hydrogens is 222 g/mol. The van der Waals surface area contributed by atoms with Gasteiger partial charge in [-0.15, -0.1) is 0 Å². The summed E-state index contributed by atoms with van der Waals surface area (Å²) in [5.41, 5.74) is 9.96. The van der Waals surface area contributed by atoms with Crippen molar-refractivity contribution in [2.24, 2.45) is 11.7 Å². The summed E-state index contributed by atoms with van der Waals surface area (Å²) >= 11 is 0. The van der Waals surface area contributed by atoms with Gasteiger partial charge in [0.2, 0.25) is 5.91 Å². The van der Waals surface area contributed by atoms with E-state index in [4.69, 9.17) is 5.73 Å². The van der Waals surface area contributed by atoms with Gasteiger partial charge in [0.1, 0.15) is 0 Å². The maximum Gasteiger partial charge on any atom is 0.248 e. The Morgan fingerprint density at radius 1 is 1.11 bits per heavy atom. The van der Waals surface area contributed by atoms with Crippen molar-refractivity contribution >= 4 is 5.91 Å². The van der Waals surface area contributed by atoms with Crippen molar-refractivity contribution in [3.8, 4) is 0 Å². The predicted molar refractivity (Wildman–Crippen MR) is 74.9 cm³/mol. The van der Waals surface area contributed by atoms with Crippen molar-refractivity contribution in [1.29, 1.82) is 0 Å². The van der Waals surface area contributed by atoms with E-state index in [1.165, 1.54) is 11.1 Å². The van der Waals surface area contributed by atoms with Crippen molar-refractivity contribution in [2.75, 3.05) is 0 Å². The molecule has 0 aromatic heterocycles. The van der Waals surface area contributed by atoms with Gasteiger partial charge in [0.05, 0.1) is 0 Å². The first-order valence-electron chi connectivity index (χ1n) is 6.55. The fourth-order valence-corrected chi connectivity index (χ4v) is 3.41. The van der Waals surface area contributed by atoms with Gasteiger partial charge in [0, 0.05) is 5.56 Å². The topological polar surface area (TPSA) is 43.1 Å². The van der Waals surface area contributed by atoms with Crippen molar-refractivity contribution in [1.82, 2.24) is 0 Å². The molecule has 1 atom stereocenters. The number of primary amides is 1. The summed E-state index contributed by atoms with van der Waals surface area (Å²) in [5, 5.41) is 0. The van der Waals surface area contributed by atoms with Crippen LogP contribution in [-0.4, -0.2) is 5.91 Å². The number of carbonyl (C=O) groups is 1. The van der Waals surface area contributed by atoms with Gasteiger partial charge >= 0.3 is 0 Å². The monoisotopic (exact) mass is 245 g/mol. The Balaban J connectivity index is 2.76. The molecule has 0 bridgehead atoms. The molecule has 1 aliphatic carbocycles. The van der Waals surface area contributed by atoms with Crippen LogP contribution in [0, 0.1) is 12.8 Å². The number of benzene rings is 1. The van der Waals surface area contributed by atoms with Crippen LogP contribution in [-0.2, 0) is 10.8 Å². The van der Waals surface area contributed by atoms with E-state index >= 15 is 0 Å². The van der Waals surface area contributed by atoms with Crippen LogP contribution in [0.25, 0.3) is 0 Å². The minimum Gasteiger partial charge on any atom is -0.366 e. The molecule has 18 heavy (non-hydrogen) atoms. The molecule has 0 saturated heterocycles. The van der Waals surface area contributed by atoms with Crippen molar-refractivity contribution < 1.29 is 4.79 Å². The lowest BCUT2D eigenvalue weighted by atomic mass is 9.71. The highest BCUT2D eigenvalue weighted by atomic mass is 16.1. The highest BCUT2D eigenvalue weighted by Crippen LogP contribution is 2.53. The average Bonchev–Trinajstić information content (AvgIpc) is 2.37. The summed E-state index contributed by atoms with van der Waals surface area (Å²) < 4.78 is 0. The molecule has 1 aromatic rings. The third-order valence-electron chi connectivity index (χ3n) is 5.18. The van der Waals surface area contributed by atoms with Crippen LogP contribution in [0.5, 0.6) is 0 Å². The van der Waals surface area contributed by atoms with Gasteiger partial charge in [0.25, 0.3) is 0 Å². The smallest absolute Gasteiger partial charge is 0.248 e. The maximum absolute atomic E-state index is 11.5. The van der Waals surface area contributed by atoms with Crippen molar-refractivity contribution in [2.45, 2.75) is 52.4 Å². The SMILES string of the molecule is Cc1cc2c(cc1C(N)=O)C(C)(C)C(C)C2(C)C. The molecule has 0 spiro atoms. The van der Waals surface area contributed by atoms with Crippen LogP contribution in [0.3, 0.4) is 0 Å². The molecule has 98 valence electrons. The first-order valence-corrected chi connectivity index (χ1v) is 6.55. The van der Waals surface area contributed by atoms with E-state index in [1.807, 2.05) is 13.0 Å². The first-order chi connectivity index (χ1) is 8.10. The second-order valence-electron chi connectivity index (χ2n) is 6.74. The molecule has 2 heteroatoms. The van der Waals surface area contributed by atoms with E-state index in [0.29, 0.717) is 11.5 Å². The number of carbonyl (C=O) groups excluding carboxylic acids is 1. The summed E-state index contributed by atoms with van der Waals surface area (Å²) in [4.78, 5) is 11.5. The first kappa shape index (κ1) is 13.1. The van der Waals surface area contributed by atoms with Crippen LogP contribution in [0.2, 0.25) is 0 Å². The summed E-state index contributed by atoms with van der Waals surface area (Å²) in [6.07, 6.45) is 0. The highest BCUT2D eigenvalue weighted by Gasteiger charge is 2.48. The number of fused-ring (bicyclic) bond motifs is 1. The third-order valence-corrected chi connectivity index (χ3v) is 5.18. The number of hydrogen-bond donors (Lipinski definition) is 1. The van der Waals surface area contributed by atoms with Crippen LogP contribution in [0.1, 0.15) is 61.7 Å². The molecule has 1 aromatic carbocycles. The van der Waals surface area contributed by atoms with E-state index in [9.17, 15) is 4.79 Å².